The molecule has 0 bridgehead atoms. The van der Waals surface area contributed by atoms with Crippen LogP contribution in [0.1, 0.15) is 11.1 Å². The van der Waals surface area contributed by atoms with E-state index in [4.69, 9.17) is 16.3 Å². The van der Waals surface area contributed by atoms with Crippen LogP contribution in [-0.2, 0) is 11.4 Å². The summed E-state index contributed by atoms with van der Waals surface area (Å²) in [6, 6.07) is 20.5. The lowest BCUT2D eigenvalue weighted by molar-refractivity contribution is -0.113. The largest absolute Gasteiger partial charge is 0.488 e. The lowest BCUT2D eigenvalue weighted by atomic mass is 10.2. The molecule has 0 N–H and O–H groups in total. The Balaban J connectivity index is 1.49. The van der Waals surface area contributed by atoms with Crippen LogP contribution in [0.5, 0.6) is 5.75 Å². The van der Waals surface area contributed by atoms with Crippen LogP contribution in [0.25, 0.3) is 6.08 Å². The molecule has 1 aliphatic rings. The van der Waals surface area contributed by atoms with E-state index < -0.39 is 0 Å². The maximum absolute atomic E-state index is 12.8. The number of amides is 2. The highest BCUT2D eigenvalue weighted by molar-refractivity contribution is 14.1. The highest BCUT2D eigenvalue weighted by Gasteiger charge is 2.36. The highest BCUT2D eigenvalue weighted by atomic mass is 127. The number of carbonyl (C=O) groups excluding carboxylic acids is 2. The van der Waals surface area contributed by atoms with Gasteiger partial charge in [0.15, 0.2) is 0 Å². The van der Waals surface area contributed by atoms with Gasteiger partial charge in [0, 0.05) is 8.59 Å². The van der Waals surface area contributed by atoms with Crippen LogP contribution >= 0.6 is 68.5 Å². The van der Waals surface area contributed by atoms with Gasteiger partial charge >= 0.3 is 0 Å². The molecular weight excluding hydrogens is 660 g/mol. The van der Waals surface area contributed by atoms with E-state index in [2.05, 4.69) is 45.2 Å². The Hall–Kier alpha value is -1.56. The van der Waals surface area contributed by atoms with Crippen molar-refractivity contribution in [2.75, 3.05) is 4.90 Å². The molecule has 0 aromatic heterocycles. The minimum atomic E-state index is -0.355. The van der Waals surface area contributed by atoms with Crippen molar-refractivity contribution in [3.8, 4) is 5.75 Å². The van der Waals surface area contributed by atoms with Gasteiger partial charge in [0.2, 0.25) is 0 Å². The molecule has 0 saturated carbocycles. The molecule has 3 aromatic carbocycles. The molecule has 0 aliphatic carbocycles. The van der Waals surface area contributed by atoms with E-state index >= 15 is 0 Å². The summed E-state index contributed by atoms with van der Waals surface area (Å²) in [6.07, 6.45) is 1.72. The van der Waals surface area contributed by atoms with Crippen LogP contribution in [0.3, 0.4) is 0 Å². The van der Waals surface area contributed by atoms with Gasteiger partial charge < -0.3 is 4.74 Å². The molecule has 2 amide bonds. The first-order valence-electron chi connectivity index (χ1n) is 9.11. The summed E-state index contributed by atoms with van der Waals surface area (Å²) >= 11 is 11.4. The van der Waals surface area contributed by atoms with E-state index in [1.807, 2.05) is 42.5 Å². The second-order valence-electron chi connectivity index (χ2n) is 6.60. The Morgan fingerprint density at radius 3 is 2.48 bits per heavy atom. The lowest BCUT2D eigenvalue weighted by Gasteiger charge is -2.12. The number of ether oxygens (including phenoxy) is 1. The average molecular weight is 674 g/mol. The molecular formula is C23H14ClI2NO3S. The molecule has 3 aromatic rings. The first-order chi connectivity index (χ1) is 14.9. The molecule has 8 heteroatoms. The molecule has 1 aliphatic heterocycles. The number of hydrogen-bond acceptors (Lipinski definition) is 4. The zero-order valence-electron chi connectivity index (χ0n) is 15.8. The van der Waals surface area contributed by atoms with Gasteiger partial charge in [-0.05, 0) is 117 Å². The van der Waals surface area contributed by atoms with Crippen molar-refractivity contribution in [1.82, 2.24) is 0 Å². The molecule has 31 heavy (non-hydrogen) atoms. The van der Waals surface area contributed by atoms with Crippen LogP contribution < -0.4 is 9.64 Å². The van der Waals surface area contributed by atoms with Gasteiger partial charge in [-0.25, -0.2) is 4.90 Å². The summed E-state index contributed by atoms with van der Waals surface area (Å²) < 4.78 is 8.04. The monoisotopic (exact) mass is 673 g/mol. The quantitative estimate of drug-likeness (QED) is 0.210. The van der Waals surface area contributed by atoms with E-state index in [-0.39, 0.29) is 11.1 Å². The maximum Gasteiger partial charge on any atom is 0.298 e. The topological polar surface area (TPSA) is 46.6 Å². The van der Waals surface area contributed by atoms with Gasteiger partial charge in [-0.1, -0.05) is 35.9 Å². The second-order valence-corrected chi connectivity index (χ2v) is 10.4. The fraction of sp³-hybridized carbons (Fsp3) is 0.0435. The van der Waals surface area contributed by atoms with Gasteiger partial charge in [0.25, 0.3) is 11.1 Å². The van der Waals surface area contributed by atoms with Crippen LogP contribution in [0.15, 0.2) is 71.6 Å². The summed E-state index contributed by atoms with van der Waals surface area (Å²) in [6.45, 7) is 0.477. The minimum absolute atomic E-state index is 0.342. The van der Waals surface area contributed by atoms with Crippen molar-refractivity contribution in [3.05, 3.63) is 94.9 Å². The Kier molecular flexibility index (Phi) is 7.25. The Morgan fingerprint density at radius 1 is 1.00 bits per heavy atom. The number of imide groups is 1. The normalized spacial score (nSPS) is 15.1. The Morgan fingerprint density at radius 2 is 1.77 bits per heavy atom. The number of hydrogen-bond donors (Lipinski definition) is 0. The van der Waals surface area contributed by atoms with E-state index in [1.165, 1.54) is 3.57 Å². The van der Waals surface area contributed by atoms with Gasteiger partial charge in [0.05, 0.1) is 14.2 Å². The number of carbonyl (C=O) groups is 2. The predicted octanol–water partition coefficient (Wildman–Crippen LogP) is 7.37. The van der Waals surface area contributed by atoms with Gasteiger partial charge in [-0.15, -0.1) is 0 Å². The zero-order valence-corrected chi connectivity index (χ0v) is 21.7. The summed E-state index contributed by atoms with van der Waals surface area (Å²) in [5.74, 6) is 0.412. The Bertz CT molecular complexity index is 1200. The van der Waals surface area contributed by atoms with Gasteiger partial charge in [0.1, 0.15) is 12.4 Å². The maximum atomic E-state index is 12.8. The summed E-state index contributed by atoms with van der Waals surface area (Å²) in [4.78, 5) is 26.7. The molecule has 0 atom stereocenters. The third kappa shape index (κ3) is 5.44. The van der Waals surface area contributed by atoms with Crippen LogP contribution in [0.4, 0.5) is 10.5 Å². The van der Waals surface area contributed by atoms with Gasteiger partial charge in [-0.3, -0.25) is 9.59 Å². The standard InChI is InChI=1S/C23H14ClI2NO3S/c24-16-2-1-3-18(12-16)27-22(28)21(31-23(27)29)11-15-6-9-20(19(26)10-15)30-13-14-4-7-17(25)8-5-14/h1-12H,13H2/b21-11+. The van der Waals surface area contributed by atoms with Crippen molar-refractivity contribution in [3.63, 3.8) is 0 Å². The van der Waals surface area contributed by atoms with E-state index in [9.17, 15) is 9.59 Å². The number of anilines is 1. The molecule has 1 saturated heterocycles. The van der Waals surface area contributed by atoms with Crippen LogP contribution in [0.2, 0.25) is 5.02 Å². The number of benzene rings is 3. The zero-order chi connectivity index (χ0) is 22.0. The van der Waals surface area contributed by atoms with Crippen molar-refractivity contribution in [2.45, 2.75) is 6.61 Å². The number of halogens is 3. The van der Waals surface area contributed by atoms with E-state index in [0.717, 1.165) is 37.1 Å². The molecule has 156 valence electrons. The number of thioether (sulfide) groups is 1. The molecule has 1 heterocycles. The fourth-order valence-electron chi connectivity index (χ4n) is 2.92. The number of nitrogens with zero attached hydrogens (tertiary/aromatic N) is 1. The van der Waals surface area contributed by atoms with Crippen LogP contribution in [0, 0.1) is 7.14 Å². The van der Waals surface area contributed by atoms with E-state index in [1.54, 1.807) is 30.3 Å². The van der Waals surface area contributed by atoms with Crippen molar-refractivity contribution in [2.24, 2.45) is 0 Å². The molecule has 1 fully saturated rings. The predicted molar refractivity (Wildman–Crippen MR) is 143 cm³/mol. The fourth-order valence-corrected chi connectivity index (χ4v) is 5.00. The third-order valence-electron chi connectivity index (χ3n) is 4.42. The SMILES string of the molecule is O=C1S/C(=C/c2ccc(OCc3ccc(I)cc3)c(I)c2)C(=O)N1c1cccc(Cl)c1. The van der Waals surface area contributed by atoms with Crippen molar-refractivity contribution < 1.29 is 14.3 Å². The molecule has 0 unspecified atom stereocenters. The second kappa shape index (κ2) is 9.93. The lowest BCUT2D eigenvalue weighted by Crippen LogP contribution is -2.27. The summed E-state index contributed by atoms with van der Waals surface area (Å²) in [5.41, 5.74) is 2.38. The summed E-state index contributed by atoms with van der Waals surface area (Å²) in [5, 5.41) is 0.126. The first kappa shape index (κ1) is 22.6. The minimum Gasteiger partial charge on any atom is -0.488 e. The molecule has 4 nitrogen and oxygen atoms in total. The molecule has 0 radical (unpaired) electrons. The third-order valence-corrected chi connectivity index (χ3v) is 7.09. The van der Waals surface area contributed by atoms with E-state index in [0.29, 0.717) is 22.2 Å². The number of rotatable bonds is 5. The first-order valence-corrected chi connectivity index (χ1v) is 12.5. The smallest absolute Gasteiger partial charge is 0.298 e. The molecule has 4 rings (SSSR count). The summed E-state index contributed by atoms with van der Waals surface area (Å²) in [7, 11) is 0. The highest BCUT2D eigenvalue weighted by Crippen LogP contribution is 2.37. The van der Waals surface area contributed by atoms with Crippen molar-refractivity contribution in [1.29, 1.82) is 0 Å². The Labute approximate surface area is 216 Å². The van der Waals surface area contributed by atoms with Crippen molar-refractivity contribution >= 4 is 91.5 Å². The van der Waals surface area contributed by atoms with Gasteiger partial charge in [-0.2, -0.15) is 0 Å². The van der Waals surface area contributed by atoms with Crippen LogP contribution in [-0.4, -0.2) is 11.1 Å². The molecule has 0 spiro atoms. The average Bonchev–Trinajstić information content (AvgIpc) is 3.01.